The van der Waals surface area contributed by atoms with Gasteiger partial charge in [-0.15, -0.1) is 17.9 Å². The Bertz CT molecular complexity index is 530. The topological polar surface area (TPSA) is 34.0 Å². The second-order valence-electron chi connectivity index (χ2n) is 4.71. The molecule has 0 saturated carbocycles. The van der Waals surface area contributed by atoms with Crippen molar-refractivity contribution >= 4 is 11.3 Å². The lowest BCUT2D eigenvalue weighted by Gasteiger charge is -2.22. The molecule has 2 aromatic rings. The third-order valence-electron chi connectivity index (χ3n) is 3.25. The standard InChI is InChI=1S/C14H20N4S/c1-5-7-18-10-13(11(2)16-18)9-17(4)12(3)14-15-6-8-19-14/h5-6,8,10,12H,1,7,9H2,2-4H3/t12-/m0/s1. The Morgan fingerprint density at radius 2 is 2.37 bits per heavy atom. The van der Waals surface area contributed by atoms with Gasteiger partial charge in [-0.1, -0.05) is 6.08 Å². The minimum atomic E-state index is 0.321. The number of rotatable bonds is 6. The molecule has 102 valence electrons. The van der Waals surface area contributed by atoms with Gasteiger partial charge in [0.05, 0.1) is 18.3 Å². The Balaban J connectivity index is 2.06. The Morgan fingerprint density at radius 1 is 1.58 bits per heavy atom. The highest BCUT2D eigenvalue weighted by molar-refractivity contribution is 7.09. The molecule has 0 aliphatic heterocycles. The number of aryl methyl sites for hydroxylation is 1. The SMILES string of the molecule is C=CCn1cc(CN(C)[C@@H](C)c2nccs2)c(C)n1. The quantitative estimate of drug-likeness (QED) is 0.761. The van der Waals surface area contributed by atoms with Crippen LogP contribution >= 0.6 is 11.3 Å². The molecule has 0 unspecified atom stereocenters. The number of thiazole rings is 1. The lowest BCUT2D eigenvalue weighted by molar-refractivity contribution is 0.252. The minimum absolute atomic E-state index is 0.321. The molecule has 5 heteroatoms. The van der Waals surface area contributed by atoms with Gasteiger partial charge in [0.2, 0.25) is 0 Å². The molecule has 0 fully saturated rings. The molecule has 0 radical (unpaired) electrons. The summed E-state index contributed by atoms with van der Waals surface area (Å²) < 4.78 is 1.93. The van der Waals surface area contributed by atoms with Crippen LogP contribution in [-0.4, -0.2) is 26.7 Å². The predicted octanol–water partition coefficient (Wildman–Crippen LogP) is 3.03. The van der Waals surface area contributed by atoms with E-state index in [1.165, 1.54) is 5.56 Å². The van der Waals surface area contributed by atoms with Crippen LogP contribution in [-0.2, 0) is 13.1 Å². The Kier molecular flexibility index (Phi) is 4.50. The van der Waals surface area contributed by atoms with E-state index in [2.05, 4.69) is 48.7 Å². The largest absolute Gasteiger partial charge is 0.293 e. The van der Waals surface area contributed by atoms with Crippen LogP contribution in [0.4, 0.5) is 0 Å². The predicted molar refractivity (Wildman–Crippen MR) is 79.2 cm³/mol. The van der Waals surface area contributed by atoms with Gasteiger partial charge in [-0.3, -0.25) is 9.58 Å². The maximum Gasteiger partial charge on any atom is 0.109 e. The fourth-order valence-electron chi connectivity index (χ4n) is 1.98. The van der Waals surface area contributed by atoms with E-state index in [1.54, 1.807) is 11.3 Å². The molecule has 0 saturated heterocycles. The summed E-state index contributed by atoms with van der Waals surface area (Å²) in [4.78, 5) is 6.67. The Labute approximate surface area is 118 Å². The molecular weight excluding hydrogens is 256 g/mol. The Morgan fingerprint density at radius 3 is 3.00 bits per heavy atom. The van der Waals surface area contributed by atoms with Crippen LogP contribution in [0.15, 0.2) is 30.4 Å². The van der Waals surface area contributed by atoms with E-state index in [1.807, 2.05) is 22.3 Å². The normalized spacial score (nSPS) is 12.8. The van der Waals surface area contributed by atoms with Gasteiger partial charge >= 0.3 is 0 Å². The lowest BCUT2D eigenvalue weighted by Crippen LogP contribution is -2.21. The summed E-state index contributed by atoms with van der Waals surface area (Å²) in [7, 11) is 2.12. The first-order valence-electron chi connectivity index (χ1n) is 6.35. The van der Waals surface area contributed by atoms with Crippen molar-refractivity contribution in [1.82, 2.24) is 19.7 Å². The molecule has 2 heterocycles. The van der Waals surface area contributed by atoms with Crippen molar-refractivity contribution < 1.29 is 0 Å². The molecule has 0 bridgehead atoms. The van der Waals surface area contributed by atoms with Gasteiger partial charge in [0, 0.05) is 29.9 Å². The van der Waals surface area contributed by atoms with E-state index in [0.717, 1.165) is 23.8 Å². The first-order chi connectivity index (χ1) is 9.11. The second-order valence-corrected chi connectivity index (χ2v) is 5.64. The molecule has 2 rings (SSSR count). The molecule has 4 nitrogen and oxygen atoms in total. The van der Waals surface area contributed by atoms with Crippen LogP contribution in [0.3, 0.4) is 0 Å². The molecule has 1 atom stereocenters. The van der Waals surface area contributed by atoms with Crippen LogP contribution < -0.4 is 0 Å². The first kappa shape index (κ1) is 14.0. The van der Waals surface area contributed by atoms with Gasteiger partial charge in [-0.25, -0.2) is 4.98 Å². The molecular formula is C14H20N4S. The van der Waals surface area contributed by atoms with Crippen molar-refractivity contribution in [1.29, 1.82) is 0 Å². The molecule has 0 aliphatic rings. The first-order valence-corrected chi connectivity index (χ1v) is 7.23. The van der Waals surface area contributed by atoms with Crippen LogP contribution in [0.25, 0.3) is 0 Å². The molecule has 0 spiro atoms. The zero-order valence-electron chi connectivity index (χ0n) is 11.7. The number of hydrogen-bond donors (Lipinski definition) is 0. The van der Waals surface area contributed by atoms with Crippen molar-refractivity contribution in [3.63, 3.8) is 0 Å². The van der Waals surface area contributed by atoms with Crippen LogP contribution in [0.5, 0.6) is 0 Å². The van der Waals surface area contributed by atoms with E-state index < -0.39 is 0 Å². The summed E-state index contributed by atoms with van der Waals surface area (Å²) in [6.07, 6.45) is 5.82. The molecule has 2 aromatic heterocycles. The highest BCUT2D eigenvalue weighted by atomic mass is 32.1. The minimum Gasteiger partial charge on any atom is -0.293 e. The number of nitrogens with zero attached hydrogens (tertiary/aromatic N) is 4. The fourth-order valence-corrected chi connectivity index (χ4v) is 2.73. The maximum absolute atomic E-state index is 4.48. The summed E-state index contributed by atoms with van der Waals surface area (Å²) in [6.45, 7) is 9.61. The summed E-state index contributed by atoms with van der Waals surface area (Å²) in [6, 6.07) is 0.321. The molecule has 19 heavy (non-hydrogen) atoms. The van der Waals surface area contributed by atoms with Gasteiger partial charge in [-0.05, 0) is 20.9 Å². The fraction of sp³-hybridized carbons (Fsp3) is 0.429. The summed E-state index contributed by atoms with van der Waals surface area (Å²) in [5, 5.41) is 7.65. The van der Waals surface area contributed by atoms with Crippen LogP contribution in [0, 0.1) is 6.92 Å². The zero-order valence-corrected chi connectivity index (χ0v) is 12.5. The van der Waals surface area contributed by atoms with Crippen LogP contribution in [0.1, 0.15) is 29.2 Å². The second kappa shape index (κ2) is 6.12. The van der Waals surface area contributed by atoms with E-state index >= 15 is 0 Å². The van der Waals surface area contributed by atoms with Gasteiger partial charge in [0.15, 0.2) is 0 Å². The highest BCUT2D eigenvalue weighted by Crippen LogP contribution is 2.22. The highest BCUT2D eigenvalue weighted by Gasteiger charge is 2.16. The smallest absolute Gasteiger partial charge is 0.109 e. The molecule has 0 amide bonds. The van der Waals surface area contributed by atoms with Crippen molar-refractivity contribution in [2.45, 2.75) is 33.0 Å². The lowest BCUT2D eigenvalue weighted by atomic mass is 10.2. The molecule has 0 N–H and O–H groups in total. The number of hydrogen-bond acceptors (Lipinski definition) is 4. The van der Waals surface area contributed by atoms with E-state index in [4.69, 9.17) is 0 Å². The van der Waals surface area contributed by atoms with Crippen molar-refractivity contribution in [2.24, 2.45) is 0 Å². The van der Waals surface area contributed by atoms with E-state index in [-0.39, 0.29) is 0 Å². The van der Waals surface area contributed by atoms with Crippen molar-refractivity contribution in [2.75, 3.05) is 7.05 Å². The third-order valence-corrected chi connectivity index (χ3v) is 4.20. The van der Waals surface area contributed by atoms with Crippen molar-refractivity contribution in [3.05, 3.63) is 46.7 Å². The number of allylic oxidation sites excluding steroid dienone is 1. The molecule has 0 aromatic carbocycles. The average molecular weight is 276 g/mol. The van der Waals surface area contributed by atoms with E-state index in [9.17, 15) is 0 Å². The summed E-state index contributed by atoms with van der Waals surface area (Å²) in [5.41, 5.74) is 2.34. The van der Waals surface area contributed by atoms with Gasteiger partial charge in [-0.2, -0.15) is 5.10 Å². The number of aromatic nitrogens is 3. The zero-order chi connectivity index (χ0) is 13.8. The Hall–Kier alpha value is -1.46. The van der Waals surface area contributed by atoms with Gasteiger partial charge in [0.1, 0.15) is 5.01 Å². The summed E-state index contributed by atoms with van der Waals surface area (Å²) in [5.74, 6) is 0. The van der Waals surface area contributed by atoms with Crippen molar-refractivity contribution in [3.8, 4) is 0 Å². The summed E-state index contributed by atoms with van der Waals surface area (Å²) >= 11 is 1.70. The van der Waals surface area contributed by atoms with Gasteiger partial charge in [0.25, 0.3) is 0 Å². The maximum atomic E-state index is 4.48. The van der Waals surface area contributed by atoms with E-state index in [0.29, 0.717) is 6.04 Å². The monoisotopic (exact) mass is 276 g/mol. The third kappa shape index (κ3) is 3.30. The molecule has 0 aliphatic carbocycles. The van der Waals surface area contributed by atoms with Crippen LogP contribution in [0.2, 0.25) is 0 Å². The average Bonchev–Trinajstić information content (AvgIpc) is 3.00. The van der Waals surface area contributed by atoms with Gasteiger partial charge < -0.3 is 0 Å².